The van der Waals surface area contributed by atoms with Gasteiger partial charge in [-0.25, -0.2) is 4.79 Å². The normalized spacial score (nSPS) is 10.6. The summed E-state index contributed by atoms with van der Waals surface area (Å²) in [4.78, 5) is 11.7. The first-order chi connectivity index (χ1) is 11.4. The molecule has 0 saturated carbocycles. The molecule has 4 nitrogen and oxygen atoms in total. The zero-order valence-electron chi connectivity index (χ0n) is 14.1. The molecule has 1 N–H and O–H groups in total. The Morgan fingerprint density at radius 1 is 1.12 bits per heavy atom. The van der Waals surface area contributed by atoms with E-state index in [1.807, 2.05) is 63.2 Å². The molecule has 0 fully saturated rings. The fourth-order valence-corrected chi connectivity index (χ4v) is 1.99. The zero-order valence-corrected chi connectivity index (χ0v) is 14.1. The lowest BCUT2D eigenvalue weighted by Gasteiger charge is -2.19. The van der Waals surface area contributed by atoms with Crippen molar-refractivity contribution in [2.24, 2.45) is 0 Å². The van der Waals surface area contributed by atoms with Gasteiger partial charge in [-0.3, -0.25) is 0 Å². The van der Waals surface area contributed by atoms with E-state index < -0.39 is 11.7 Å². The third kappa shape index (κ3) is 5.69. The number of ether oxygens (including phenoxy) is 2. The minimum atomic E-state index is -0.517. The van der Waals surface area contributed by atoms with Gasteiger partial charge >= 0.3 is 6.09 Å². The van der Waals surface area contributed by atoms with Crippen LogP contribution >= 0.6 is 0 Å². The number of hydrogen-bond acceptors (Lipinski definition) is 3. The summed E-state index contributed by atoms with van der Waals surface area (Å²) in [7, 11) is 0. The van der Waals surface area contributed by atoms with Gasteiger partial charge in [0.25, 0.3) is 0 Å². The maximum absolute atomic E-state index is 11.7. The van der Waals surface area contributed by atoms with E-state index in [4.69, 9.17) is 15.9 Å². The van der Waals surface area contributed by atoms with E-state index in [-0.39, 0.29) is 0 Å². The van der Waals surface area contributed by atoms with Crippen LogP contribution in [0.2, 0.25) is 0 Å². The van der Waals surface area contributed by atoms with Gasteiger partial charge < -0.3 is 14.8 Å². The third-order valence-electron chi connectivity index (χ3n) is 2.97. The minimum absolute atomic E-state index is 0.358. The summed E-state index contributed by atoms with van der Waals surface area (Å²) < 4.78 is 11.0. The number of benzene rings is 2. The fraction of sp³-hybridized carbons (Fsp3) is 0.250. The van der Waals surface area contributed by atoms with Crippen LogP contribution in [-0.2, 0) is 11.3 Å². The molecule has 2 aromatic rings. The molecule has 0 atom stereocenters. The maximum Gasteiger partial charge on any atom is 0.407 e. The Morgan fingerprint density at radius 2 is 1.79 bits per heavy atom. The van der Waals surface area contributed by atoms with Crippen LogP contribution in [-0.4, -0.2) is 11.7 Å². The van der Waals surface area contributed by atoms with Crippen molar-refractivity contribution < 1.29 is 14.3 Å². The molecule has 4 heteroatoms. The van der Waals surface area contributed by atoms with E-state index in [0.717, 1.165) is 11.1 Å². The zero-order chi connectivity index (χ0) is 17.6. The molecule has 0 bridgehead atoms. The summed E-state index contributed by atoms with van der Waals surface area (Å²) in [5, 5.41) is 2.72. The predicted octanol–water partition coefficient (Wildman–Crippen LogP) is 4.48. The highest BCUT2D eigenvalue weighted by Crippen LogP contribution is 2.23. The van der Waals surface area contributed by atoms with Crippen LogP contribution in [0.4, 0.5) is 4.79 Å². The lowest BCUT2D eigenvalue weighted by molar-refractivity contribution is 0.0523. The Balaban J connectivity index is 1.98. The SMILES string of the molecule is C#Cc1cccc(Oc2cccc(CNC(=O)OC(C)(C)C)c2)c1. The van der Waals surface area contributed by atoms with E-state index in [0.29, 0.717) is 18.0 Å². The average molecular weight is 323 g/mol. The lowest BCUT2D eigenvalue weighted by Crippen LogP contribution is -2.32. The molecule has 0 radical (unpaired) electrons. The molecule has 1 amide bonds. The van der Waals surface area contributed by atoms with Gasteiger partial charge in [-0.15, -0.1) is 6.42 Å². The molecule has 0 aromatic heterocycles. The van der Waals surface area contributed by atoms with Crippen molar-refractivity contribution >= 4 is 6.09 Å². The molecule has 2 aromatic carbocycles. The second-order valence-electron chi connectivity index (χ2n) is 6.28. The van der Waals surface area contributed by atoms with Crippen LogP contribution in [0.1, 0.15) is 31.9 Å². The second-order valence-corrected chi connectivity index (χ2v) is 6.28. The first-order valence-corrected chi connectivity index (χ1v) is 7.66. The van der Waals surface area contributed by atoms with Gasteiger partial charge in [0.2, 0.25) is 0 Å². The standard InChI is InChI=1S/C20H21NO3/c1-5-15-8-6-10-17(12-15)23-18-11-7-9-16(13-18)14-21-19(22)24-20(2,3)4/h1,6-13H,14H2,2-4H3,(H,21,22). The third-order valence-corrected chi connectivity index (χ3v) is 2.97. The molecule has 124 valence electrons. The summed E-state index contributed by atoms with van der Waals surface area (Å²) in [6.45, 7) is 5.83. The van der Waals surface area contributed by atoms with Gasteiger partial charge in [0, 0.05) is 12.1 Å². The van der Waals surface area contributed by atoms with Crippen LogP contribution in [0.5, 0.6) is 11.5 Å². The Morgan fingerprint density at radius 3 is 2.46 bits per heavy atom. The molecular formula is C20H21NO3. The van der Waals surface area contributed by atoms with E-state index in [9.17, 15) is 4.79 Å². The summed E-state index contributed by atoms with van der Waals surface area (Å²) in [6, 6.07) is 14.8. The molecule has 24 heavy (non-hydrogen) atoms. The monoisotopic (exact) mass is 323 g/mol. The van der Waals surface area contributed by atoms with Crippen molar-refractivity contribution in [3.8, 4) is 23.8 Å². The summed E-state index contributed by atoms with van der Waals surface area (Å²) in [5.41, 5.74) is 1.15. The van der Waals surface area contributed by atoms with Crippen molar-refractivity contribution in [1.82, 2.24) is 5.32 Å². The van der Waals surface area contributed by atoms with Crippen molar-refractivity contribution in [2.45, 2.75) is 32.9 Å². The van der Waals surface area contributed by atoms with Gasteiger partial charge in [-0.2, -0.15) is 0 Å². The number of amides is 1. The number of rotatable bonds is 4. The van der Waals surface area contributed by atoms with Crippen molar-refractivity contribution in [1.29, 1.82) is 0 Å². The van der Waals surface area contributed by atoms with Crippen LogP contribution in [0.15, 0.2) is 48.5 Å². The first-order valence-electron chi connectivity index (χ1n) is 7.66. The topological polar surface area (TPSA) is 47.6 Å². The Bertz CT molecular complexity index is 754. The summed E-state index contributed by atoms with van der Waals surface area (Å²) >= 11 is 0. The molecule has 0 heterocycles. The van der Waals surface area contributed by atoms with Crippen LogP contribution in [0, 0.1) is 12.3 Å². The van der Waals surface area contributed by atoms with Crippen LogP contribution in [0.3, 0.4) is 0 Å². The molecular weight excluding hydrogens is 302 g/mol. The van der Waals surface area contributed by atoms with Gasteiger partial charge in [-0.05, 0) is 56.7 Å². The first kappa shape index (κ1) is 17.4. The largest absolute Gasteiger partial charge is 0.457 e. The van der Waals surface area contributed by atoms with E-state index in [2.05, 4.69) is 11.2 Å². The Kier molecular flexibility index (Phi) is 5.49. The molecule has 0 aliphatic rings. The van der Waals surface area contributed by atoms with E-state index >= 15 is 0 Å². The molecule has 0 aliphatic heterocycles. The van der Waals surface area contributed by atoms with Crippen molar-refractivity contribution in [3.63, 3.8) is 0 Å². The summed E-state index contributed by atoms with van der Waals surface area (Å²) in [6.07, 6.45) is 4.94. The number of nitrogens with one attached hydrogen (secondary N) is 1. The number of alkyl carbamates (subject to hydrolysis) is 1. The predicted molar refractivity (Wildman–Crippen MR) is 94.0 cm³/mol. The molecule has 0 aliphatic carbocycles. The Labute approximate surface area is 142 Å². The fourth-order valence-electron chi connectivity index (χ4n) is 1.99. The number of terminal acetylenes is 1. The molecule has 0 spiro atoms. The smallest absolute Gasteiger partial charge is 0.407 e. The Hall–Kier alpha value is -2.93. The second kappa shape index (κ2) is 7.56. The van der Waals surface area contributed by atoms with Gasteiger partial charge in [0.15, 0.2) is 0 Å². The van der Waals surface area contributed by atoms with Crippen LogP contribution in [0.25, 0.3) is 0 Å². The van der Waals surface area contributed by atoms with Crippen molar-refractivity contribution in [2.75, 3.05) is 0 Å². The highest BCUT2D eigenvalue weighted by atomic mass is 16.6. The molecule has 2 rings (SSSR count). The molecule has 0 unspecified atom stereocenters. The average Bonchev–Trinajstić information content (AvgIpc) is 2.52. The van der Waals surface area contributed by atoms with E-state index in [1.165, 1.54) is 0 Å². The highest BCUT2D eigenvalue weighted by molar-refractivity contribution is 5.67. The lowest BCUT2D eigenvalue weighted by atomic mass is 10.2. The van der Waals surface area contributed by atoms with E-state index in [1.54, 1.807) is 6.07 Å². The summed E-state index contributed by atoms with van der Waals surface area (Å²) in [5.74, 6) is 3.92. The van der Waals surface area contributed by atoms with Gasteiger partial charge in [0.05, 0.1) is 0 Å². The minimum Gasteiger partial charge on any atom is -0.457 e. The highest BCUT2D eigenvalue weighted by Gasteiger charge is 2.15. The maximum atomic E-state index is 11.7. The van der Waals surface area contributed by atoms with Gasteiger partial charge in [-0.1, -0.05) is 24.1 Å². The van der Waals surface area contributed by atoms with Gasteiger partial charge in [0.1, 0.15) is 17.1 Å². The quantitative estimate of drug-likeness (QED) is 0.844. The number of carbonyl (C=O) groups is 1. The molecule has 0 saturated heterocycles. The number of hydrogen-bond donors (Lipinski definition) is 1. The van der Waals surface area contributed by atoms with Crippen molar-refractivity contribution in [3.05, 3.63) is 59.7 Å². The number of carbonyl (C=O) groups excluding carboxylic acids is 1. The van der Waals surface area contributed by atoms with Crippen LogP contribution < -0.4 is 10.1 Å².